The number of piperidine rings is 1. The van der Waals surface area contributed by atoms with Gasteiger partial charge in [0, 0.05) is 13.0 Å². The molecule has 7 heteroatoms. The largest absolute Gasteiger partial charge is 0.487 e. The van der Waals surface area contributed by atoms with Crippen molar-refractivity contribution in [3.8, 4) is 11.4 Å². The number of aromatic nitrogens is 3. The van der Waals surface area contributed by atoms with Crippen LogP contribution in [-0.2, 0) is 0 Å². The Balaban J connectivity index is 1.48. The van der Waals surface area contributed by atoms with Gasteiger partial charge in [-0.3, -0.25) is 4.79 Å². The Bertz CT molecular complexity index is 986. The SMILES string of the molecule is Cc1nc(C(=O)N2CC[C@H](Oc3ccccc3)[C@@](C)(O)C2)nn1-c1ccccc1. The number of aliphatic hydroxyl groups is 1. The minimum Gasteiger partial charge on any atom is -0.487 e. The molecule has 0 bridgehead atoms. The number of likely N-dealkylation sites (tertiary alicyclic amines) is 1. The summed E-state index contributed by atoms with van der Waals surface area (Å²) in [6.45, 7) is 4.13. The Morgan fingerprint density at radius 1 is 1.14 bits per heavy atom. The number of hydrogen-bond donors (Lipinski definition) is 1. The van der Waals surface area contributed by atoms with E-state index in [1.54, 1.807) is 16.5 Å². The molecule has 1 amide bonds. The fourth-order valence-electron chi connectivity index (χ4n) is 3.61. The lowest BCUT2D eigenvalue weighted by atomic mass is 9.91. The fourth-order valence-corrected chi connectivity index (χ4v) is 3.61. The summed E-state index contributed by atoms with van der Waals surface area (Å²) < 4.78 is 7.61. The quantitative estimate of drug-likeness (QED) is 0.738. The zero-order valence-electron chi connectivity index (χ0n) is 16.5. The van der Waals surface area contributed by atoms with Gasteiger partial charge in [0.25, 0.3) is 5.91 Å². The number of para-hydroxylation sites is 2. The van der Waals surface area contributed by atoms with E-state index in [1.807, 2.05) is 67.6 Å². The summed E-state index contributed by atoms with van der Waals surface area (Å²) in [4.78, 5) is 18.9. The van der Waals surface area contributed by atoms with E-state index in [-0.39, 0.29) is 18.3 Å². The lowest BCUT2D eigenvalue weighted by Gasteiger charge is -2.42. The molecule has 0 spiro atoms. The molecule has 0 radical (unpaired) electrons. The van der Waals surface area contributed by atoms with Crippen molar-refractivity contribution >= 4 is 5.91 Å². The van der Waals surface area contributed by atoms with E-state index in [1.165, 1.54) is 0 Å². The number of amides is 1. The fraction of sp³-hybridized carbons (Fsp3) is 0.318. The predicted octanol–water partition coefficient (Wildman–Crippen LogP) is 2.62. The van der Waals surface area contributed by atoms with Gasteiger partial charge in [0.2, 0.25) is 5.82 Å². The van der Waals surface area contributed by atoms with Crippen LogP contribution in [0.2, 0.25) is 0 Å². The molecule has 150 valence electrons. The van der Waals surface area contributed by atoms with E-state index < -0.39 is 11.7 Å². The first-order valence-corrected chi connectivity index (χ1v) is 9.66. The summed E-state index contributed by atoms with van der Waals surface area (Å²) in [6.07, 6.45) is 0.122. The first-order valence-electron chi connectivity index (χ1n) is 9.66. The third kappa shape index (κ3) is 4.00. The zero-order chi connectivity index (χ0) is 20.4. The molecule has 1 aliphatic rings. The Morgan fingerprint density at radius 2 is 1.79 bits per heavy atom. The molecule has 1 saturated heterocycles. The highest BCUT2D eigenvalue weighted by molar-refractivity contribution is 5.90. The molecule has 1 aliphatic heterocycles. The van der Waals surface area contributed by atoms with Crippen molar-refractivity contribution in [3.63, 3.8) is 0 Å². The number of β-amino-alcohol motifs (C(OH)–C–C–N with tert-alkyl or cyclic N) is 1. The summed E-state index contributed by atoms with van der Waals surface area (Å²) >= 11 is 0. The molecule has 1 fully saturated rings. The zero-order valence-corrected chi connectivity index (χ0v) is 16.5. The molecule has 0 saturated carbocycles. The van der Waals surface area contributed by atoms with Crippen LogP contribution in [-0.4, -0.2) is 55.5 Å². The van der Waals surface area contributed by atoms with Crippen molar-refractivity contribution in [2.24, 2.45) is 0 Å². The minimum atomic E-state index is -1.18. The summed E-state index contributed by atoms with van der Waals surface area (Å²) in [7, 11) is 0. The highest BCUT2D eigenvalue weighted by Gasteiger charge is 2.42. The van der Waals surface area contributed by atoms with Crippen LogP contribution >= 0.6 is 0 Å². The molecule has 0 aliphatic carbocycles. The van der Waals surface area contributed by atoms with Crippen molar-refractivity contribution in [2.75, 3.05) is 13.1 Å². The van der Waals surface area contributed by atoms with E-state index in [0.717, 1.165) is 5.69 Å². The normalized spacial score (nSPS) is 21.8. The lowest BCUT2D eigenvalue weighted by molar-refractivity contribution is -0.0900. The Kier molecular flexibility index (Phi) is 5.07. The maximum Gasteiger partial charge on any atom is 0.293 e. The van der Waals surface area contributed by atoms with Gasteiger partial charge in [0.1, 0.15) is 23.3 Å². The maximum atomic E-state index is 13.0. The van der Waals surface area contributed by atoms with E-state index >= 15 is 0 Å². The van der Waals surface area contributed by atoms with Crippen LogP contribution in [0.4, 0.5) is 0 Å². The monoisotopic (exact) mass is 392 g/mol. The third-order valence-electron chi connectivity index (χ3n) is 5.14. The molecule has 7 nitrogen and oxygen atoms in total. The van der Waals surface area contributed by atoms with E-state index in [0.29, 0.717) is 24.5 Å². The van der Waals surface area contributed by atoms with Crippen LogP contribution in [0, 0.1) is 6.92 Å². The van der Waals surface area contributed by atoms with Crippen molar-refractivity contribution in [2.45, 2.75) is 32.0 Å². The second kappa shape index (κ2) is 7.67. The lowest BCUT2D eigenvalue weighted by Crippen LogP contribution is -2.58. The summed E-state index contributed by atoms with van der Waals surface area (Å²) in [5.74, 6) is 1.18. The first kappa shape index (κ1) is 19.1. The second-order valence-corrected chi connectivity index (χ2v) is 7.52. The molecule has 4 rings (SSSR count). The van der Waals surface area contributed by atoms with Gasteiger partial charge in [0.05, 0.1) is 12.2 Å². The van der Waals surface area contributed by atoms with Crippen LogP contribution in [0.3, 0.4) is 0 Å². The van der Waals surface area contributed by atoms with Gasteiger partial charge in [-0.1, -0.05) is 36.4 Å². The number of carbonyl (C=O) groups excluding carboxylic acids is 1. The van der Waals surface area contributed by atoms with Crippen molar-refractivity contribution < 1.29 is 14.6 Å². The van der Waals surface area contributed by atoms with Crippen LogP contribution in [0.15, 0.2) is 60.7 Å². The molecule has 29 heavy (non-hydrogen) atoms. The molecule has 2 aromatic carbocycles. The Hall–Kier alpha value is -3.19. The number of rotatable bonds is 4. The van der Waals surface area contributed by atoms with E-state index in [9.17, 15) is 9.90 Å². The summed E-state index contributed by atoms with van der Waals surface area (Å²) in [5.41, 5.74) is -0.334. The standard InChI is InChI=1S/C22H24N4O3/c1-16-23-20(24-26(16)17-9-5-3-6-10-17)21(27)25-14-13-19(22(2,28)15-25)29-18-11-7-4-8-12-18/h3-12,19,28H,13-15H2,1-2H3/t19-,22-/m0/s1. The Morgan fingerprint density at radius 3 is 2.45 bits per heavy atom. The summed E-state index contributed by atoms with van der Waals surface area (Å²) in [5, 5.41) is 15.3. The van der Waals surface area contributed by atoms with Gasteiger partial charge in [-0.15, -0.1) is 5.10 Å². The minimum absolute atomic E-state index is 0.129. The number of carbonyl (C=O) groups is 1. The second-order valence-electron chi connectivity index (χ2n) is 7.52. The maximum absolute atomic E-state index is 13.0. The molecule has 1 N–H and O–H groups in total. The molecular formula is C22H24N4O3. The molecule has 0 unspecified atom stereocenters. The molecule has 1 aromatic heterocycles. The van der Waals surface area contributed by atoms with Gasteiger partial charge in [-0.2, -0.15) is 0 Å². The molecule has 2 atom stereocenters. The molecular weight excluding hydrogens is 368 g/mol. The van der Waals surface area contributed by atoms with Crippen LogP contribution < -0.4 is 4.74 Å². The van der Waals surface area contributed by atoms with Crippen molar-refractivity contribution in [3.05, 3.63) is 72.3 Å². The topological polar surface area (TPSA) is 80.5 Å². The van der Waals surface area contributed by atoms with Gasteiger partial charge >= 0.3 is 0 Å². The van der Waals surface area contributed by atoms with E-state index in [4.69, 9.17) is 4.74 Å². The van der Waals surface area contributed by atoms with Crippen molar-refractivity contribution in [1.29, 1.82) is 0 Å². The average Bonchev–Trinajstić information content (AvgIpc) is 3.12. The predicted molar refractivity (Wildman–Crippen MR) is 108 cm³/mol. The third-order valence-corrected chi connectivity index (χ3v) is 5.14. The first-order chi connectivity index (χ1) is 13.9. The van der Waals surface area contributed by atoms with Gasteiger partial charge < -0.3 is 14.7 Å². The van der Waals surface area contributed by atoms with Crippen LogP contribution in [0.5, 0.6) is 5.75 Å². The smallest absolute Gasteiger partial charge is 0.293 e. The number of hydrogen-bond acceptors (Lipinski definition) is 5. The van der Waals surface area contributed by atoms with Gasteiger partial charge in [-0.25, -0.2) is 9.67 Å². The van der Waals surface area contributed by atoms with Crippen LogP contribution in [0.1, 0.15) is 29.8 Å². The van der Waals surface area contributed by atoms with Gasteiger partial charge in [0.15, 0.2) is 0 Å². The Labute approximate surface area is 169 Å². The van der Waals surface area contributed by atoms with Crippen molar-refractivity contribution in [1.82, 2.24) is 19.7 Å². The summed E-state index contributed by atoms with van der Waals surface area (Å²) in [6, 6.07) is 19.0. The molecule has 2 heterocycles. The highest BCUT2D eigenvalue weighted by Crippen LogP contribution is 2.27. The number of ether oxygens (including phenoxy) is 1. The number of nitrogens with zero attached hydrogens (tertiary/aromatic N) is 4. The van der Waals surface area contributed by atoms with Gasteiger partial charge in [-0.05, 0) is 38.1 Å². The highest BCUT2D eigenvalue weighted by atomic mass is 16.5. The van der Waals surface area contributed by atoms with Crippen LogP contribution in [0.25, 0.3) is 5.69 Å². The number of benzene rings is 2. The number of aryl methyl sites for hydroxylation is 1. The van der Waals surface area contributed by atoms with E-state index in [2.05, 4.69) is 10.1 Å². The average molecular weight is 392 g/mol. The molecule has 3 aromatic rings.